The van der Waals surface area contributed by atoms with Gasteiger partial charge in [-0.2, -0.15) is 10.2 Å². The van der Waals surface area contributed by atoms with Gasteiger partial charge in [0.15, 0.2) is 5.65 Å². The third kappa shape index (κ3) is 2.01. The molecule has 3 aromatic rings. The Bertz CT molecular complexity index is 759. The average Bonchev–Trinajstić information content (AvgIpc) is 2.92. The predicted molar refractivity (Wildman–Crippen MR) is 71.5 cm³/mol. The molecule has 0 aliphatic heterocycles. The molecule has 5 nitrogen and oxygen atoms in total. The third-order valence-corrected chi connectivity index (χ3v) is 3.13. The minimum atomic E-state index is -2.68. The van der Waals surface area contributed by atoms with Crippen molar-refractivity contribution in [3.05, 3.63) is 41.1 Å². The van der Waals surface area contributed by atoms with Crippen LogP contribution in [0, 0.1) is 6.92 Å². The van der Waals surface area contributed by atoms with E-state index in [0.717, 1.165) is 11.1 Å². The van der Waals surface area contributed by atoms with Gasteiger partial charge in [-0.25, -0.2) is 13.5 Å². The highest BCUT2D eigenvalue weighted by Crippen LogP contribution is 2.29. The van der Waals surface area contributed by atoms with Gasteiger partial charge in [-0.15, -0.1) is 0 Å². The summed E-state index contributed by atoms with van der Waals surface area (Å²) in [5.41, 5.74) is 7.72. The number of nitrogens with zero attached hydrogens (tertiary/aromatic N) is 3. The van der Waals surface area contributed by atoms with E-state index in [-0.39, 0.29) is 16.9 Å². The van der Waals surface area contributed by atoms with Crippen LogP contribution in [0.5, 0.6) is 0 Å². The Morgan fingerprint density at radius 2 is 2.20 bits per heavy atom. The monoisotopic (exact) mass is 277 g/mol. The fourth-order valence-electron chi connectivity index (χ4n) is 2.26. The van der Waals surface area contributed by atoms with Gasteiger partial charge in [0.1, 0.15) is 11.5 Å². The van der Waals surface area contributed by atoms with Gasteiger partial charge in [-0.3, -0.25) is 5.10 Å². The SMILES string of the molecule is Cc1cccc(Cn2nc(C(F)F)c3c(N)[nH]nc32)c1. The summed E-state index contributed by atoms with van der Waals surface area (Å²) in [4.78, 5) is 0. The fraction of sp³-hybridized carbons (Fsp3) is 0.231. The van der Waals surface area contributed by atoms with Gasteiger partial charge in [0.25, 0.3) is 6.43 Å². The van der Waals surface area contributed by atoms with Gasteiger partial charge >= 0.3 is 0 Å². The minimum absolute atomic E-state index is 0.116. The van der Waals surface area contributed by atoms with Crippen LogP contribution in [0.2, 0.25) is 0 Å². The molecular formula is C13H13F2N5. The van der Waals surface area contributed by atoms with Crippen LogP contribution in [-0.4, -0.2) is 20.0 Å². The van der Waals surface area contributed by atoms with Crippen LogP contribution >= 0.6 is 0 Å². The number of nitrogens with two attached hydrogens (primary N) is 1. The predicted octanol–water partition coefficient (Wildman–Crippen LogP) is 2.64. The van der Waals surface area contributed by atoms with E-state index in [1.807, 2.05) is 31.2 Å². The molecule has 20 heavy (non-hydrogen) atoms. The molecule has 0 amide bonds. The number of aromatic nitrogens is 4. The van der Waals surface area contributed by atoms with Gasteiger partial charge in [-0.1, -0.05) is 29.8 Å². The van der Waals surface area contributed by atoms with Crippen LogP contribution in [0.25, 0.3) is 11.0 Å². The largest absolute Gasteiger partial charge is 0.383 e. The van der Waals surface area contributed by atoms with E-state index in [9.17, 15) is 8.78 Å². The number of H-pyrrole nitrogens is 1. The summed E-state index contributed by atoms with van der Waals surface area (Å²) < 4.78 is 27.4. The summed E-state index contributed by atoms with van der Waals surface area (Å²) in [6, 6.07) is 7.78. The number of nitrogens with one attached hydrogen (secondary N) is 1. The number of nitrogen functional groups attached to an aromatic ring is 1. The van der Waals surface area contributed by atoms with Crippen LogP contribution in [-0.2, 0) is 6.54 Å². The van der Waals surface area contributed by atoms with E-state index in [1.165, 1.54) is 4.68 Å². The first kappa shape index (κ1) is 12.6. The number of fused-ring (bicyclic) bond motifs is 1. The fourth-order valence-corrected chi connectivity index (χ4v) is 2.26. The second kappa shape index (κ2) is 4.59. The zero-order chi connectivity index (χ0) is 14.3. The Morgan fingerprint density at radius 3 is 2.90 bits per heavy atom. The quantitative estimate of drug-likeness (QED) is 0.773. The van der Waals surface area contributed by atoms with Gasteiger partial charge in [0.05, 0.1) is 11.9 Å². The lowest BCUT2D eigenvalue weighted by molar-refractivity contribution is 0.146. The molecule has 0 bridgehead atoms. The second-order valence-electron chi connectivity index (χ2n) is 4.67. The highest BCUT2D eigenvalue weighted by molar-refractivity contribution is 5.89. The van der Waals surface area contributed by atoms with E-state index in [4.69, 9.17) is 5.73 Å². The number of anilines is 1. The van der Waals surface area contributed by atoms with E-state index < -0.39 is 6.43 Å². The van der Waals surface area contributed by atoms with E-state index in [0.29, 0.717) is 12.2 Å². The molecule has 0 atom stereocenters. The molecule has 3 rings (SSSR count). The van der Waals surface area contributed by atoms with Gasteiger partial charge in [0.2, 0.25) is 0 Å². The van der Waals surface area contributed by atoms with Gasteiger partial charge in [0, 0.05) is 0 Å². The smallest absolute Gasteiger partial charge is 0.282 e. The van der Waals surface area contributed by atoms with Crippen molar-refractivity contribution in [1.29, 1.82) is 0 Å². The van der Waals surface area contributed by atoms with Crippen LogP contribution in [0.1, 0.15) is 23.2 Å². The molecule has 0 unspecified atom stereocenters. The zero-order valence-corrected chi connectivity index (χ0v) is 10.8. The standard InChI is InChI=1S/C13H13F2N5/c1-7-3-2-4-8(5-7)6-20-13-9(12(16)17-18-13)10(19-20)11(14)15/h2-5,11H,6H2,1H3,(H3,16,17,18). The first-order chi connectivity index (χ1) is 9.56. The maximum Gasteiger partial charge on any atom is 0.282 e. The summed E-state index contributed by atoms with van der Waals surface area (Å²) in [5, 5.41) is 10.6. The van der Waals surface area contributed by atoms with E-state index in [2.05, 4.69) is 15.3 Å². The Hall–Kier alpha value is -2.44. The minimum Gasteiger partial charge on any atom is -0.383 e. The lowest BCUT2D eigenvalue weighted by Gasteiger charge is -2.03. The number of hydrogen-bond donors (Lipinski definition) is 2. The topological polar surface area (TPSA) is 72.5 Å². The number of halogens is 2. The molecule has 1 aromatic carbocycles. The summed E-state index contributed by atoms with van der Waals surface area (Å²) in [6.45, 7) is 2.34. The van der Waals surface area contributed by atoms with Gasteiger partial charge in [-0.05, 0) is 12.5 Å². The number of alkyl halides is 2. The van der Waals surface area contributed by atoms with E-state index >= 15 is 0 Å². The van der Waals surface area contributed by atoms with Crippen molar-refractivity contribution in [2.75, 3.05) is 5.73 Å². The normalized spacial score (nSPS) is 11.6. The molecule has 2 aromatic heterocycles. The molecule has 3 N–H and O–H groups in total. The summed E-state index contributed by atoms with van der Waals surface area (Å²) in [5.74, 6) is 0.116. The van der Waals surface area contributed by atoms with Crippen molar-refractivity contribution in [2.24, 2.45) is 0 Å². The molecule has 0 radical (unpaired) electrons. The molecule has 0 saturated heterocycles. The molecule has 7 heteroatoms. The third-order valence-electron chi connectivity index (χ3n) is 3.13. The molecular weight excluding hydrogens is 264 g/mol. The summed E-state index contributed by atoms with van der Waals surface area (Å²) in [7, 11) is 0. The first-order valence-electron chi connectivity index (χ1n) is 6.10. The van der Waals surface area contributed by atoms with Crippen molar-refractivity contribution < 1.29 is 8.78 Å². The molecule has 0 spiro atoms. The Morgan fingerprint density at radius 1 is 1.40 bits per heavy atom. The Balaban J connectivity index is 2.08. The highest BCUT2D eigenvalue weighted by atomic mass is 19.3. The van der Waals surface area contributed by atoms with Crippen LogP contribution in [0.15, 0.2) is 24.3 Å². The zero-order valence-electron chi connectivity index (χ0n) is 10.8. The summed E-state index contributed by atoms with van der Waals surface area (Å²) in [6.07, 6.45) is -2.68. The van der Waals surface area contributed by atoms with Crippen LogP contribution in [0.4, 0.5) is 14.6 Å². The van der Waals surface area contributed by atoms with Crippen LogP contribution in [0.3, 0.4) is 0 Å². The molecule has 0 fully saturated rings. The summed E-state index contributed by atoms with van der Waals surface area (Å²) >= 11 is 0. The number of aromatic amines is 1. The van der Waals surface area contributed by atoms with Crippen molar-refractivity contribution in [2.45, 2.75) is 19.9 Å². The average molecular weight is 277 g/mol. The highest BCUT2D eigenvalue weighted by Gasteiger charge is 2.23. The van der Waals surface area contributed by atoms with Gasteiger partial charge < -0.3 is 5.73 Å². The lowest BCUT2D eigenvalue weighted by Crippen LogP contribution is -2.03. The van der Waals surface area contributed by atoms with Crippen molar-refractivity contribution in [3.63, 3.8) is 0 Å². The maximum atomic E-state index is 13.0. The van der Waals surface area contributed by atoms with Crippen LogP contribution < -0.4 is 5.73 Å². The Kier molecular flexibility index (Phi) is 2.89. The molecule has 0 aliphatic carbocycles. The van der Waals surface area contributed by atoms with Crippen molar-refractivity contribution in [1.82, 2.24) is 20.0 Å². The molecule has 0 aliphatic rings. The maximum absolute atomic E-state index is 13.0. The number of benzene rings is 1. The number of hydrogen-bond acceptors (Lipinski definition) is 3. The number of rotatable bonds is 3. The molecule has 104 valence electrons. The number of aryl methyl sites for hydroxylation is 1. The molecule has 2 heterocycles. The van der Waals surface area contributed by atoms with Crippen molar-refractivity contribution >= 4 is 16.9 Å². The van der Waals surface area contributed by atoms with Crippen molar-refractivity contribution in [3.8, 4) is 0 Å². The molecule has 0 saturated carbocycles. The second-order valence-corrected chi connectivity index (χ2v) is 4.67. The van der Waals surface area contributed by atoms with E-state index in [1.54, 1.807) is 0 Å². The Labute approximate surface area is 113 Å². The lowest BCUT2D eigenvalue weighted by atomic mass is 10.1. The first-order valence-corrected chi connectivity index (χ1v) is 6.10.